The fourth-order valence-electron chi connectivity index (χ4n) is 2.29. The molecule has 0 aliphatic rings. The number of benzene rings is 2. The van der Waals surface area contributed by atoms with Crippen LogP contribution in [0.1, 0.15) is 26.3 Å². The lowest BCUT2D eigenvalue weighted by Gasteiger charge is -2.11. The van der Waals surface area contributed by atoms with Gasteiger partial charge in [0.2, 0.25) is 0 Å². The number of nitrogens with one attached hydrogen (secondary N) is 1. The molecule has 0 heterocycles. The van der Waals surface area contributed by atoms with E-state index in [2.05, 4.69) is 5.32 Å². The highest BCUT2D eigenvalue weighted by Gasteiger charge is 2.16. The Balaban J connectivity index is 2.23. The van der Waals surface area contributed by atoms with E-state index in [0.29, 0.717) is 16.9 Å². The SMILES string of the molecule is COC(=O)c1cc(OC)ccc1NC(=O)c1ccc(CS(C)(=O)=O)cc1. The van der Waals surface area contributed by atoms with Crippen molar-refractivity contribution in [2.45, 2.75) is 5.75 Å². The van der Waals surface area contributed by atoms with Crippen LogP contribution in [0.15, 0.2) is 42.5 Å². The van der Waals surface area contributed by atoms with Gasteiger partial charge in [-0.15, -0.1) is 0 Å². The maximum atomic E-state index is 12.4. The summed E-state index contributed by atoms with van der Waals surface area (Å²) in [6.07, 6.45) is 1.14. The van der Waals surface area contributed by atoms with Crippen molar-refractivity contribution in [1.29, 1.82) is 0 Å². The van der Waals surface area contributed by atoms with Crippen LogP contribution >= 0.6 is 0 Å². The molecule has 2 rings (SSSR count). The third kappa shape index (κ3) is 5.06. The first-order chi connectivity index (χ1) is 12.2. The van der Waals surface area contributed by atoms with Gasteiger partial charge in [-0.25, -0.2) is 13.2 Å². The van der Waals surface area contributed by atoms with E-state index >= 15 is 0 Å². The van der Waals surface area contributed by atoms with Crippen LogP contribution in [0.5, 0.6) is 5.75 Å². The first kappa shape index (κ1) is 19.5. The summed E-state index contributed by atoms with van der Waals surface area (Å²) in [5.41, 5.74) is 1.36. The van der Waals surface area contributed by atoms with Gasteiger partial charge >= 0.3 is 5.97 Å². The van der Waals surface area contributed by atoms with Crippen molar-refractivity contribution in [3.8, 4) is 5.75 Å². The number of anilines is 1. The molecule has 0 aliphatic heterocycles. The van der Waals surface area contributed by atoms with Gasteiger partial charge in [-0.3, -0.25) is 4.79 Å². The number of rotatable bonds is 6. The molecule has 0 saturated carbocycles. The van der Waals surface area contributed by atoms with E-state index in [1.165, 1.54) is 32.4 Å². The number of sulfone groups is 1. The zero-order chi connectivity index (χ0) is 19.3. The molecule has 0 saturated heterocycles. The summed E-state index contributed by atoms with van der Waals surface area (Å²) in [6.45, 7) is 0. The number of carbonyl (C=O) groups excluding carboxylic acids is 2. The molecule has 0 bridgehead atoms. The van der Waals surface area contributed by atoms with E-state index in [1.807, 2.05) is 0 Å². The molecule has 0 radical (unpaired) electrons. The maximum absolute atomic E-state index is 12.4. The van der Waals surface area contributed by atoms with Crippen LogP contribution in [0.4, 0.5) is 5.69 Å². The third-order valence-electron chi connectivity index (χ3n) is 3.53. The first-order valence-electron chi connectivity index (χ1n) is 7.58. The van der Waals surface area contributed by atoms with Crippen LogP contribution in [0.25, 0.3) is 0 Å². The minimum absolute atomic E-state index is 0.0974. The molecule has 8 heteroatoms. The van der Waals surface area contributed by atoms with Crippen LogP contribution < -0.4 is 10.1 Å². The molecule has 0 aromatic heterocycles. The van der Waals surface area contributed by atoms with Crippen molar-refractivity contribution >= 4 is 27.4 Å². The Hall–Kier alpha value is -2.87. The second-order valence-electron chi connectivity index (χ2n) is 5.62. The van der Waals surface area contributed by atoms with Gasteiger partial charge in [-0.2, -0.15) is 0 Å². The van der Waals surface area contributed by atoms with Crippen molar-refractivity contribution in [2.24, 2.45) is 0 Å². The number of hydrogen-bond acceptors (Lipinski definition) is 6. The lowest BCUT2D eigenvalue weighted by Crippen LogP contribution is -2.15. The molecule has 2 aromatic carbocycles. The normalized spacial score (nSPS) is 10.9. The van der Waals surface area contributed by atoms with Crippen molar-refractivity contribution in [3.05, 3.63) is 59.2 Å². The molecule has 2 aromatic rings. The van der Waals surface area contributed by atoms with Gasteiger partial charge in [0.1, 0.15) is 5.75 Å². The van der Waals surface area contributed by atoms with E-state index in [1.54, 1.807) is 24.3 Å². The summed E-state index contributed by atoms with van der Waals surface area (Å²) in [7, 11) is -0.438. The first-order valence-corrected chi connectivity index (χ1v) is 9.64. The molecule has 138 valence electrons. The average molecular weight is 377 g/mol. The lowest BCUT2D eigenvalue weighted by molar-refractivity contribution is 0.0601. The lowest BCUT2D eigenvalue weighted by atomic mass is 10.1. The third-order valence-corrected chi connectivity index (χ3v) is 4.38. The number of amides is 1. The van der Waals surface area contributed by atoms with Crippen molar-refractivity contribution in [2.75, 3.05) is 25.8 Å². The van der Waals surface area contributed by atoms with E-state index < -0.39 is 21.7 Å². The van der Waals surface area contributed by atoms with E-state index in [9.17, 15) is 18.0 Å². The monoisotopic (exact) mass is 377 g/mol. The molecule has 26 heavy (non-hydrogen) atoms. The zero-order valence-corrected chi connectivity index (χ0v) is 15.4. The largest absolute Gasteiger partial charge is 0.497 e. The molecule has 0 unspecified atom stereocenters. The summed E-state index contributed by atoms with van der Waals surface area (Å²) in [4.78, 5) is 24.3. The Morgan fingerprint density at radius 3 is 2.23 bits per heavy atom. The molecule has 1 amide bonds. The summed E-state index contributed by atoms with van der Waals surface area (Å²) >= 11 is 0. The number of carbonyl (C=O) groups is 2. The zero-order valence-electron chi connectivity index (χ0n) is 14.6. The maximum Gasteiger partial charge on any atom is 0.340 e. The fraction of sp³-hybridized carbons (Fsp3) is 0.222. The molecule has 7 nitrogen and oxygen atoms in total. The molecule has 1 N–H and O–H groups in total. The topological polar surface area (TPSA) is 98.8 Å². The van der Waals surface area contributed by atoms with Crippen LogP contribution in [0.2, 0.25) is 0 Å². The second kappa shape index (κ2) is 8.01. The van der Waals surface area contributed by atoms with Crippen LogP contribution in [-0.4, -0.2) is 40.8 Å². The fourth-order valence-corrected chi connectivity index (χ4v) is 3.09. The predicted molar refractivity (Wildman–Crippen MR) is 97.3 cm³/mol. The number of methoxy groups -OCH3 is 2. The minimum Gasteiger partial charge on any atom is -0.497 e. The Labute approximate surface area is 151 Å². The van der Waals surface area contributed by atoms with Gasteiger partial charge in [0.25, 0.3) is 5.91 Å². The molecular weight excluding hydrogens is 358 g/mol. The Kier molecular flexibility index (Phi) is 5.99. The minimum atomic E-state index is -3.15. The highest BCUT2D eigenvalue weighted by molar-refractivity contribution is 7.89. The summed E-state index contributed by atoms with van der Waals surface area (Å²) in [5, 5.41) is 2.65. The molecule has 0 spiro atoms. The van der Waals surface area contributed by atoms with Gasteiger partial charge in [-0.1, -0.05) is 12.1 Å². The standard InChI is InChI=1S/C18H19NO6S/c1-24-14-8-9-16(15(10-14)18(21)25-2)19-17(20)13-6-4-12(5-7-13)11-26(3,22)23/h4-10H,11H2,1-3H3,(H,19,20). The van der Waals surface area contributed by atoms with Gasteiger partial charge in [0, 0.05) is 11.8 Å². The van der Waals surface area contributed by atoms with Crippen LogP contribution in [0, 0.1) is 0 Å². The summed E-state index contributed by atoms with van der Waals surface area (Å²) in [5.74, 6) is -0.692. The van der Waals surface area contributed by atoms with Crippen molar-refractivity contribution in [1.82, 2.24) is 0 Å². The molecule has 0 aliphatic carbocycles. The smallest absolute Gasteiger partial charge is 0.340 e. The molecule has 0 atom stereocenters. The van der Waals surface area contributed by atoms with Gasteiger partial charge in [0.05, 0.1) is 31.2 Å². The highest BCUT2D eigenvalue weighted by Crippen LogP contribution is 2.23. The van der Waals surface area contributed by atoms with Gasteiger partial charge in [-0.05, 0) is 35.9 Å². The Morgan fingerprint density at radius 1 is 1.04 bits per heavy atom. The number of hydrogen-bond donors (Lipinski definition) is 1. The average Bonchev–Trinajstić information content (AvgIpc) is 2.60. The quantitative estimate of drug-likeness (QED) is 0.776. The second-order valence-corrected chi connectivity index (χ2v) is 7.76. The predicted octanol–water partition coefficient (Wildman–Crippen LogP) is 2.28. The number of esters is 1. The highest BCUT2D eigenvalue weighted by atomic mass is 32.2. The number of ether oxygens (including phenoxy) is 2. The van der Waals surface area contributed by atoms with Crippen molar-refractivity contribution < 1.29 is 27.5 Å². The molecule has 0 fully saturated rings. The van der Waals surface area contributed by atoms with Gasteiger partial charge < -0.3 is 14.8 Å². The summed E-state index contributed by atoms with van der Waals surface area (Å²) in [6, 6.07) is 10.8. The van der Waals surface area contributed by atoms with Crippen LogP contribution in [-0.2, 0) is 20.3 Å². The van der Waals surface area contributed by atoms with E-state index in [0.717, 1.165) is 6.26 Å². The molecular formula is C18H19NO6S. The van der Waals surface area contributed by atoms with Gasteiger partial charge in [0.15, 0.2) is 9.84 Å². The van der Waals surface area contributed by atoms with E-state index in [4.69, 9.17) is 9.47 Å². The van der Waals surface area contributed by atoms with Crippen molar-refractivity contribution in [3.63, 3.8) is 0 Å². The van der Waals surface area contributed by atoms with E-state index in [-0.39, 0.29) is 17.0 Å². The Bertz CT molecular complexity index is 919. The Morgan fingerprint density at radius 2 is 1.69 bits per heavy atom. The summed E-state index contributed by atoms with van der Waals surface area (Å²) < 4.78 is 32.4. The van der Waals surface area contributed by atoms with Crippen LogP contribution in [0.3, 0.4) is 0 Å².